The minimum absolute atomic E-state index is 0.0278. The van der Waals surface area contributed by atoms with Crippen LogP contribution in [0.5, 0.6) is 0 Å². The maximum atomic E-state index is 10.9. The van der Waals surface area contributed by atoms with E-state index in [0.717, 1.165) is 31.0 Å². The molecule has 0 aromatic heterocycles. The predicted molar refractivity (Wildman–Crippen MR) is 113 cm³/mol. The number of hydrogen-bond acceptors (Lipinski definition) is 11. The summed E-state index contributed by atoms with van der Waals surface area (Å²) in [5.41, 5.74) is -1.58. The van der Waals surface area contributed by atoms with Gasteiger partial charge in [0.2, 0.25) is 0 Å². The number of aliphatic hydroxyl groups is 6. The van der Waals surface area contributed by atoms with Gasteiger partial charge in [-0.15, -0.1) is 0 Å². The largest absolute Gasteiger partial charge is 0.478 e. The Balaban J connectivity index is -0.000000438. The van der Waals surface area contributed by atoms with Crippen molar-refractivity contribution in [2.24, 2.45) is 0 Å². The highest BCUT2D eigenvalue weighted by Crippen LogP contribution is 2.20. The molecule has 0 unspecified atom stereocenters. The lowest BCUT2D eigenvalue weighted by Gasteiger charge is -2.05. The molecule has 0 amide bonds. The molecule has 194 valence electrons. The van der Waals surface area contributed by atoms with Gasteiger partial charge >= 0.3 is 11.9 Å². The Morgan fingerprint density at radius 2 is 1.06 bits per heavy atom. The van der Waals surface area contributed by atoms with Gasteiger partial charge in [-0.05, 0) is 25.0 Å². The van der Waals surface area contributed by atoms with Crippen molar-refractivity contribution in [3.05, 3.63) is 29.3 Å². The van der Waals surface area contributed by atoms with Crippen LogP contribution in [-0.4, -0.2) is 119 Å². The topological polar surface area (TPSA) is 260 Å². The van der Waals surface area contributed by atoms with Crippen molar-refractivity contribution >= 4 is 22.1 Å². The van der Waals surface area contributed by atoms with E-state index in [1.54, 1.807) is 0 Å². The van der Waals surface area contributed by atoms with E-state index in [2.05, 4.69) is 4.74 Å². The number of carboxylic acid groups (broad SMARTS) is 2. The quantitative estimate of drug-likeness (QED) is 0.117. The van der Waals surface area contributed by atoms with E-state index >= 15 is 0 Å². The molecular formula is C18H32O14S. The minimum Gasteiger partial charge on any atom is -0.478 e. The van der Waals surface area contributed by atoms with Crippen molar-refractivity contribution in [2.45, 2.75) is 17.7 Å². The molecule has 0 heterocycles. The molecule has 0 fully saturated rings. The maximum Gasteiger partial charge on any atom is 0.337 e. The highest BCUT2D eigenvalue weighted by Gasteiger charge is 2.26. The number of rotatable bonds is 11. The first-order valence-electron chi connectivity index (χ1n) is 9.29. The Morgan fingerprint density at radius 1 is 0.697 bits per heavy atom. The number of hydrogen-bond donors (Lipinski definition) is 9. The van der Waals surface area contributed by atoms with Gasteiger partial charge in [-0.3, -0.25) is 4.55 Å². The van der Waals surface area contributed by atoms with Crippen LogP contribution < -0.4 is 0 Å². The Hall–Kier alpha value is -2.21. The fraction of sp³-hybridized carbons (Fsp3) is 0.556. The van der Waals surface area contributed by atoms with Crippen molar-refractivity contribution in [3.63, 3.8) is 0 Å². The molecule has 1 aromatic carbocycles. The zero-order valence-corrected chi connectivity index (χ0v) is 18.6. The van der Waals surface area contributed by atoms with Gasteiger partial charge in [-0.25, -0.2) is 9.59 Å². The summed E-state index contributed by atoms with van der Waals surface area (Å²) < 4.78 is 35.3. The number of carboxylic acids is 2. The van der Waals surface area contributed by atoms with Crippen LogP contribution in [-0.2, 0) is 14.9 Å². The van der Waals surface area contributed by atoms with Gasteiger partial charge in [0.05, 0.1) is 50.8 Å². The summed E-state index contributed by atoms with van der Waals surface area (Å²) in [6.07, 6.45) is 1.44. The molecule has 15 heteroatoms. The first-order chi connectivity index (χ1) is 15.5. The van der Waals surface area contributed by atoms with Crippen molar-refractivity contribution in [2.75, 3.05) is 52.9 Å². The van der Waals surface area contributed by atoms with E-state index in [1.165, 1.54) is 0 Å². The lowest BCUT2D eigenvalue weighted by molar-refractivity contribution is 0.0650. The number of unbranched alkanes of at least 4 members (excludes halogenated alkanes) is 1. The summed E-state index contributed by atoms with van der Waals surface area (Å²) in [7, 11) is -4.92. The van der Waals surface area contributed by atoms with Crippen molar-refractivity contribution in [3.8, 4) is 0 Å². The third-order valence-corrected chi connectivity index (χ3v) is 3.83. The van der Waals surface area contributed by atoms with Crippen LogP contribution in [0.4, 0.5) is 0 Å². The molecule has 0 aliphatic rings. The van der Waals surface area contributed by atoms with Crippen molar-refractivity contribution < 1.29 is 68.1 Å². The Kier molecular flexibility index (Phi) is 24.6. The summed E-state index contributed by atoms with van der Waals surface area (Å²) in [6.45, 7) is 0.836. The Bertz CT molecular complexity index is 693. The predicted octanol–water partition coefficient (Wildman–Crippen LogP) is -1.96. The zero-order chi connectivity index (χ0) is 26.3. The summed E-state index contributed by atoms with van der Waals surface area (Å²) in [5, 5.41) is 64.9. The highest BCUT2D eigenvalue weighted by molar-refractivity contribution is 7.86. The Morgan fingerprint density at radius 3 is 1.27 bits per heavy atom. The zero-order valence-electron chi connectivity index (χ0n) is 17.8. The summed E-state index contributed by atoms with van der Waals surface area (Å²) in [4.78, 5) is 20.2. The molecule has 0 aliphatic carbocycles. The number of carbonyl (C=O) groups is 2. The second kappa shape index (κ2) is 23.0. The van der Waals surface area contributed by atoms with E-state index in [4.69, 9.17) is 45.4 Å². The smallest absolute Gasteiger partial charge is 0.337 e. The van der Waals surface area contributed by atoms with E-state index in [0.29, 0.717) is 13.2 Å². The van der Waals surface area contributed by atoms with Gasteiger partial charge in [-0.2, -0.15) is 8.42 Å². The van der Waals surface area contributed by atoms with E-state index in [9.17, 15) is 18.0 Å². The molecule has 0 spiro atoms. The molecule has 33 heavy (non-hydrogen) atoms. The van der Waals surface area contributed by atoms with Crippen LogP contribution in [0.1, 0.15) is 33.6 Å². The second-order valence-corrected chi connectivity index (χ2v) is 6.79. The average molecular weight is 505 g/mol. The van der Waals surface area contributed by atoms with Gasteiger partial charge in [0.15, 0.2) is 0 Å². The van der Waals surface area contributed by atoms with Gasteiger partial charge in [0.1, 0.15) is 4.90 Å². The normalized spacial score (nSPS) is 9.91. The molecule has 0 saturated carbocycles. The molecule has 14 nitrogen and oxygen atoms in total. The molecule has 0 radical (unpaired) electrons. The fourth-order valence-corrected chi connectivity index (χ4v) is 2.47. The van der Waals surface area contributed by atoms with Gasteiger partial charge in [-0.1, -0.05) is 6.07 Å². The first-order valence-corrected chi connectivity index (χ1v) is 10.7. The van der Waals surface area contributed by atoms with Crippen LogP contribution in [0.3, 0.4) is 0 Å². The first kappa shape index (κ1) is 35.4. The van der Waals surface area contributed by atoms with Crippen LogP contribution >= 0.6 is 0 Å². The van der Waals surface area contributed by atoms with Gasteiger partial charge in [0.25, 0.3) is 10.1 Å². The third kappa shape index (κ3) is 20.1. The molecule has 1 aromatic rings. The van der Waals surface area contributed by atoms with E-state index in [1.807, 2.05) is 0 Å². The lowest BCUT2D eigenvalue weighted by Crippen LogP contribution is -2.14. The molecular weight excluding hydrogens is 472 g/mol. The van der Waals surface area contributed by atoms with Crippen LogP contribution in [0.2, 0.25) is 0 Å². The molecule has 0 aliphatic heterocycles. The fourth-order valence-electron chi connectivity index (χ4n) is 1.61. The molecule has 0 saturated heterocycles. The number of ether oxygens (including phenoxy) is 1. The average Bonchev–Trinajstić information content (AvgIpc) is 2.77. The summed E-state index contributed by atoms with van der Waals surface area (Å²) >= 11 is 0. The Labute approximate surface area is 190 Å². The van der Waals surface area contributed by atoms with Crippen LogP contribution in [0.25, 0.3) is 0 Å². The standard InChI is InChI=1S/C8H6O7S.C4H10O3.C4H10O2.C2H6O2/c9-7(10)4-2-1-3-5(8(11)12)6(4)16(13,14)15;5-1-3-7-4-2-6;5-3-1-2-4-6;3-1-2-4/h1-3H,(H,9,10)(H,11,12)(H,13,14,15);5-6H,1-4H2;5-6H,1-4H2;3-4H,1-2H2. The van der Waals surface area contributed by atoms with Crippen LogP contribution in [0.15, 0.2) is 23.1 Å². The highest BCUT2D eigenvalue weighted by atomic mass is 32.2. The SMILES string of the molecule is O=C(O)c1cccc(C(=O)O)c1S(=O)(=O)O.OCCCCO.OCCO.OCCOCCO. The van der Waals surface area contributed by atoms with Gasteiger partial charge in [0, 0.05) is 13.2 Å². The number of aliphatic hydroxyl groups excluding tert-OH is 6. The van der Waals surface area contributed by atoms with Crippen LogP contribution in [0, 0.1) is 0 Å². The molecule has 9 N–H and O–H groups in total. The van der Waals surface area contributed by atoms with E-state index in [-0.39, 0.29) is 39.6 Å². The minimum atomic E-state index is -4.92. The molecule has 0 bridgehead atoms. The third-order valence-electron chi connectivity index (χ3n) is 2.87. The maximum absolute atomic E-state index is 10.9. The van der Waals surface area contributed by atoms with E-state index < -0.39 is 38.1 Å². The molecule has 0 atom stereocenters. The second-order valence-electron chi connectivity index (χ2n) is 5.43. The van der Waals surface area contributed by atoms with Crippen molar-refractivity contribution in [1.82, 2.24) is 0 Å². The molecule has 1 rings (SSSR count). The number of benzene rings is 1. The monoisotopic (exact) mass is 504 g/mol. The number of aromatic carboxylic acids is 2. The van der Waals surface area contributed by atoms with Crippen molar-refractivity contribution in [1.29, 1.82) is 0 Å². The summed E-state index contributed by atoms with van der Waals surface area (Å²) in [5.74, 6) is -3.29. The lowest BCUT2D eigenvalue weighted by atomic mass is 10.1. The summed E-state index contributed by atoms with van der Waals surface area (Å²) in [6, 6.07) is 2.84. The van der Waals surface area contributed by atoms with Gasteiger partial charge < -0.3 is 45.6 Å².